The maximum absolute atomic E-state index is 15.0. The van der Waals surface area contributed by atoms with Crippen LogP contribution in [-0.4, -0.2) is 25.8 Å². The van der Waals surface area contributed by atoms with E-state index in [0.29, 0.717) is 19.5 Å². The molecule has 1 aliphatic carbocycles. The maximum Gasteiger partial charge on any atom is 0.125 e. The fourth-order valence-corrected chi connectivity index (χ4v) is 4.63. The lowest BCUT2D eigenvalue weighted by atomic mass is 9.90. The van der Waals surface area contributed by atoms with Crippen LogP contribution in [0.25, 0.3) is 5.57 Å². The van der Waals surface area contributed by atoms with E-state index >= 15 is 0 Å². The molecule has 2 aliphatic rings. The molecule has 1 fully saturated rings. The smallest absolute Gasteiger partial charge is 0.125 e. The average Bonchev–Trinajstić information content (AvgIpc) is 3.29. The van der Waals surface area contributed by atoms with Crippen LogP contribution < -0.4 is 20.9 Å². The molecule has 184 valence electrons. The zero-order chi connectivity index (χ0) is 25.1. The lowest BCUT2D eigenvalue weighted by molar-refractivity contribution is 0.578. The molecule has 3 N–H and O–H groups in total. The molecular formula is C29H34F2N4. The molecule has 0 saturated carbocycles. The van der Waals surface area contributed by atoms with E-state index in [1.807, 2.05) is 43.3 Å². The molecule has 0 spiro atoms. The highest BCUT2D eigenvalue weighted by atomic mass is 19.1. The van der Waals surface area contributed by atoms with Gasteiger partial charge in [0, 0.05) is 53.9 Å². The monoisotopic (exact) mass is 476 g/mol. The molecule has 35 heavy (non-hydrogen) atoms. The van der Waals surface area contributed by atoms with Gasteiger partial charge in [0.25, 0.3) is 0 Å². The van der Waals surface area contributed by atoms with Gasteiger partial charge in [-0.1, -0.05) is 12.7 Å². The van der Waals surface area contributed by atoms with Gasteiger partial charge in [-0.2, -0.15) is 0 Å². The summed E-state index contributed by atoms with van der Waals surface area (Å²) in [7, 11) is 0. The summed E-state index contributed by atoms with van der Waals surface area (Å²) in [5, 5.41) is 3.53. The van der Waals surface area contributed by atoms with Gasteiger partial charge in [0.1, 0.15) is 11.6 Å². The van der Waals surface area contributed by atoms with Crippen molar-refractivity contribution in [3.05, 3.63) is 95.2 Å². The predicted molar refractivity (Wildman–Crippen MR) is 143 cm³/mol. The molecule has 0 amide bonds. The van der Waals surface area contributed by atoms with Gasteiger partial charge in [0.2, 0.25) is 0 Å². The Morgan fingerprint density at radius 3 is 2.26 bits per heavy atom. The summed E-state index contributed by atoms with van der Waals surface area (Å²) >= 11 is 0. The van der Waals surface area contributed by atoms with Crippen molar-refractivity contribution >= 4 is 22.6 Å². The Balaban J connectivity index is 1.72. The molecular weight excluding hydrogens is 442 g/mol. The minimum Gasteiger partial charge on any atom is -0.399 e. The Kier molecular flexibility index (Phi) is 7.29. The van der Waals surface area contributed by atoms with E-state index in [1.165, 1.54) is 6.08 Å². The fourth-order valence-electron chi connectivity index (χ4n) is 4.63. The summed E-state index contributed by atoms with van der Waals surface area (Å²) in [6, 6.07) is 13.1. The van der Waals surface area contributed by atoms with E-state index in [9.17, 15) is 8.78 Å². The normalized spacial score (nSPS) is 16.7. The van der Waals surface area contributed by atoms with Crippen LogP contribution in [0.3, 0.4) is 0 Å². The number of nitrogens with two attached hydrogens (primary N) is 1. The molecule has 6 heteroatoms. The van der Waals surface area contributed by atoms with Gasteiger partial charge in [-0.15, -0.1) is 0 Å². The first-order valence-electron chi connectivity index (χ1n) is 12.1. The first-order chi connectivity index (χ1) is 16.7. The minimum atomic E-state index is -0.297. The minimum absolute atomic E-state index is 0.123. The van der Waals surface area contributed by atoms with Crippen molar-refractivity contribution in [2.24, 2.45) is 0 Å². The highest BCUT2D eigenvalue weighted by Gasteiger charge is 2.23. The summed E-state index contributed by atoms with van der Waals surface area (Å²) in [4.78, 5) is 4.42. The third-order valence-electron chi connectivity index (χ3n) is 6.31. The van der Waals surface area contributed by atoms with E-state index in [2.05, 4.69) is 35.5 Å². The zero-order valence-electron chi connectivity index (χ0n) is 20.7. The second-order valence-electron chi connectivity index (χ2n) is 9.59. The largest absolute Gasteiger partial charge is 0.399 e. The van der Waals surface area contributed by atoms with Gasteiger partial charge in [-0.05, 0) is 92.4 Å². The van der Waals surface area contributed by atoms with Gasteiger partial charge in [0.05, 0.1) is 6.67 Å². The fraction of sp³-hybridized carbons (Fsp3) is 0.310. The molecule has 0 radical (unpaired) electrons. The first-order valence-corrected chi connectivity index (χ1v) is 12.1. The van der Waals surface area contributed by atoms with Crippen LogP contribution in [0.15, 0.2) is 83.9 Å². The van der Waals surface area contributed by atoms with Crippen molar-refractivity contribution in [3.63, 3.8) is 0 Å². The molecule has 0 unspecified atom stereocenters. The van der Waals surface area contributed by atoms with Crippen LogP contribution in [0.5, 0.6) is 0 Å². The average molecular weight is 477 g/mol. The maximum atomic E-state index is 15.0. The predicted octanol–water partition coefficient (Wildman–Crippen LogP) is 6.55. The van der Waals surface area contributed by atoms with Crippen molar-refractivity contribution in [1.29, 1.82) is 0 Å². The number of nitrogens with zero attached hydrogens (tertiary/aromatic N) is 2. The van der Waals surface area contributed by atoms with Crippen LogP contribution >= 0.6 is 0 Å². The second kappa shape index (κ2) is 10.4. The molecule has 4 rings (SSSR count). The number of anilines is 3. The highest BCUT2D eigenvalue weighted by Crippen LogP contribution is 2.35. The summed E-state index contributed by atoms with van der Waals surface area (Å²) in [6.07, 6.45) is 4.28. The van der Waals surface area contributed by atoms with Gasteiger partial charge in [-0.25, -0.2) is 8.78 Å². The number of allylic oxidation sites excluding steroid dienone is 6. The van der Waals surface area contributed by atoms with E-state index in [1.54, 1.807) is 12.1 Å². The van der Waals surface area contributed by atoms with Gasteiger partial charge in [-0.3, -0.25) is 0 Å². The van der Waals surface area contributed by atoms with E-state index in [-0.39, 0.29) is 17.7 Å². The van der Waals surface area contributed by atoms with Crippen LogP contribution in [0.2, 0.25) is 0 Å². The number of halogens is 2. The number of hydrogen-bond donors (Lipinski definition) is 2. The zero-order valence-corrected chi connectivity index (χ0v) is 20.7. The Bertz CT molecular complexity index is 1190. The van der Waals surface area contributed by atoms with Crippen molar-refractivity contribution in [1.82, 2.24) is 5.32 Å². The Morgan fingerprint density at radius 1 is 0.971 bits per heavy atom. The lowest BCUT2D eigenvalue weighted by Gasteiger charge is -2.25. The Hall–Kier alpha value is -3.54. The first kappa shape index (κ1) is 24.6. The lowest BCUT2D eigenvalue weighted by Crippen LogP contribution is -2.26. The second-order valence-corrected chi connectivity index (χ2v) is 9.59. The molecule has 1 saturated heterocycles. The van der Waals surface area contributed by atoms with Crippen LogP contribution in [-0.2, 0) is 0 Å². The van der Waals surface area contributed by atoms with Crippen molar-refractivity contribution in [2.75, 3.05) is 35.3 Å². The number of nitrogens with one attached hydrogen (secondary N) is 1. The molecule has 2 aromatic rings. The Labute approximate surface area is 207 Å². The van der Waals surface area contributed by atoms with Crippen molar-refractivity contribution in [2.45, 2.75) is 39.7 Å². The number of benzene rings is 2. The molecule has 4 nitrogen and oxygen atoms in total. The van der Waals surface area contributed by atoms with E-state index in [4.69, 9.17) is 5.73 Å². The standard InChI is InChI=1S/C29H34F2N4/c1-19(2)28(29(33-20(3)4)21-5-7-23(30)8-6-21)22-15-24(31)17-27(16-22)35-14-13-34(18-35)26-11-9-25(32)10-12-26/h5,7,9-12,15-17,20,33H,1,6,8,13-14,18,32H2,2-4H3/b29-28+. The molecule has 0 aromatic heterocycles. The number of nitrogen functional groups attached to an aromatic ring is 1. The molecule has 1 aliphatic heterocycles. The van der Waals surface area contributed by atoms with E-state index in [0.717, 1.165) is 58.1 Å². The van der Waals surface area contributed by atoms with Gasteiger partial charge >= 0.3 is 0 Å². The van der Waals surface area contributed by atoms with Crippen LogP contribution in [0, 0.1) is 5.82 Å². The third-order valence-corrected chi connectivity index (χ3v) is 6.31. The van der Waals surface area contributed by atoms with Crippen molar-refractivity contribution in [3.8, 4) is 0 Å². The summed E-state index contributed by atoms with van der Waals surface area (Å²) in [6.45, 7) is 12.5. The third kappa shape index (κ3) is 5.76. The Morgan fingerprint density at radius 2 is 1.66 bits per heavy atom. The quantitative estimate of drug-likeness (QED) is 0.351. The molecule has 1 heterocycles. The van der Waals surface area contributed by atoms with Gasteiger partial charge in [0.15, 0.2) is 0 Å². The molecule has 0 atom stereocenters. The van der Waals surface area contributed by atoms with Gasteiger partial charge < -0.3 is 20.9 Å². The summed E-state index contributed by atoms with van der Waals surface area (Å²) in [5.74, 6) is -0.420. The van der Waals surface area contributed by atoms with Crippen LogP contribution in [0.4, 0.5) is 25.8 Å². The van der Waals surface area contributed by atoms with Crippen molar-refractivity contribution < 1.29 is 8.78 Å². The summed E-state index contributed by atoms with van der Waals surface area (Å²) < 4.78 is 28.7. The summed E-state index contributed by atoms with van der Waals surface area (Å²) in [5.41, 5.74) is 12.8. The highest BCUT2D eigenvalue weighted by molar-refractivity contribution is 5.84. The number of rotatable bonds is 7. The SMILES string of the molecule is C=C(C)/C(=C(\NC(C)C)C1=CC=C(F)CC1)c1cc(F)cc(N2CCN(c3ccc(N)cc3)C2)c1. The number of hydrogen-bond acceptors (Lipinski definition) is 4. The molecule has 2 aromatic carbocycles. The van der Waals surface area contributed by atoms with Crippen LogP contribution in [0.1, 0.15) is 39.2 Å². The molecule has 0 bridgehead atoms. The topological polar surface area (TPSA) is 44.5 Å². The van der Waals surface area contributed by atoms with E-state index < -0.39 is 0 Å².